The summed E-state index contributed by atoms with van der Waals surface area (Å²) in [6, 6.07) is 10.7. The number of unbranched alkanes of at least 4 members (excludes halogenated alkanes) is 3. The normalized spacial score (nSPS) is 12.1. The number of rotatable bonds is 9. The van der Waals surface area contributed by atoms with E-state index in [1.807, 2.05) is 18.2 Å². The molecule has 0 aromatic heterocycles. The van der Waals surface area contributed by atoms with Gasteiger partial charge in [0.2, 0.25) is 0 Å². The van der Waals surface area contributed by atoms with Crippen molar-refractivity contribution in [1.29, 1.82) is 0 Å². The van der Waals surface area contributed by atoms with Crippen molar-refractivity contribution in [2.24, 2.45) is 5.92 Å². The molecule has 0 spiro atoms. The van der Waals surface area contributed by atoms with E-state index in [9.17, 15) is 8.42 Å². The van der Waals surface area contributed by atoms with E-state index in [0.29, 0.717) is 5.39 Å². The molecular formula is C19H27NO3S. The van der Waals surface area contributed by atoms with E-state index in [1.165, 1.54) is 12.8 Å². The minimum Gasteiger partial charge on any atom is -0.398 e. The summed E-state index contributed by atoms with van der Waals surface area (Å²) in [4.78, 5) is 0.0837. The highest BCUT2D eigenvalue weighted by Gasteiger charge is 2.21. The van der Waals surface area contributed by atoms with E-state index < -0.39 is 10.1 Å². The van der Waals surface area contributed by atoms with Gasteiger partial charge in [-0.3, -0.25) is 4.18 Å². The number of hydrogen-bond donors (Lipinski definition) is 1. The molecule has 0 fully saturated rings. The molecule has 4 nitrogen and oxygen atoms in total. The Hall–Kier alpha value is -1.59. The molecule has 0 saturated carbocycles. The van der Waals surface area contributed by atoms with Crippen molar-refractivity contribution in [2.45, 2.75) is 50.8 Å². The molecule has 5 heteroatoms. The smallest absolute Gasteiger partial charge is 0.299 e. The highest BCUT2D eigenvalue weighted by Crippen LogP contribution is 2.30. The zero-order valence-electron chi connectivity index (χ0n) is 14.5. The maximum atomic E-state index is 12.5. The van der Waals surface area contributed by atoms with E-state index in [-0.39, 0.29) is 17.2 Å². The van der Waals surface area contributed by atoms with Crippen LogP contribution in [-0.2, 0) is 14.3 Å². The Bertz CT molecular complexity index is 769. The Morgan fingerprint density at radius 2 is 1.71 bits per heavy atom. The van der Waals surface area contributed by atoms with Gasteiger partial charge in [0.05, 0.1) is 12.3 Å². The largest absolute Gasteiger partial charge is 0.398 e. The van der Waals surface area contributed by atoms with Crippen LogP contribution in [0.3, 0.4) is 0 Å². The Balaban J connectivity index is 1.97. The molecule has 0 unspecified atom stereocenters. The lowest BCUT2D eigenvalue weighted by molar-refractivity contribution is 0.306. The summed E-state index contributed by atoms with van der Waals surface area (Å²) in [6.07, 6.45) is 5.22. The Morgan fingerprint density at radius 3 is 2.46 bits per heavy atom. The SMILES string of the molecule is CC(C)CCCCCCOS(=O)(=O)c1c(N)ccc2ccccc12. The molecule has 0 aliphatic rings. The Morgan fingerprint density at radius 1 is 1.00 bits per heavy atom. The van der Waals surface area contributed by atoms with Crippen LogP contribution in [0.5, 0.6) is 0 Å². The summed E-state index contributed by atoms with van der Waals surface area (Å²) in [5.74, 6) is 0.718. The van der Waals surface area contributed by atoms with Crippen LogP contribution in [0.25, 0.3) is 10.8 Å². The lowest BCUT2D eigenvalue weighted by Crippen LogP contribution is -2.10. The van der Waals surface area contributed by atoms with Crippen LogP contribution in [0.1, 0.15) is 46.0 Å². The quantitative estimate of drug-likeness (QED) is 0.403. The maximum absolute atomic E-state index is 12.5. The number of hydrogen-bond acceptors (Lipinski definition) is 4. The van der Waals surface area contributed by atoms with Crippen LogP contribution in [0, 0.1) is 5.92 Å². The van der Waals surface area contributed by atoms with Crippen molar-refractivity contribution < 1.29 is 12.6 Å². The standard InChI is InChI=1S/C19H27NO3S/c1-15(2)9-5-3-4-8-14-23-24(21,22)19-17-11-7-6-10-16(17)12-13-18(19)20/h6-7,10-13,15H,3-5,8-9,14,20H2,1-2H3. The first-order valence-electron chi connectivity index (χ1n) is 8.58. The van der Waals surface area contributed by atoms with Gasteiger partial charge in [0.15, 0.2) is 0 Å². The average Bonchev–Trinajstić information content (AvgIpc) is 2.53. The van der Waals surface area contributed by atoms with Gasteiger partial charge in [-0.15, -0.1) is 0 Å². The van der Waals surface area contributed by atoms with Gasteiger partial charge >= 0.3 is 0 Å². The second-order valence-corrected chi connectivity index (χ2v) is 8.13. The second-order valence-electron chi connectivity index (χ2n) is 6.58. The molecule has 0 saturated heterocycles. The van der Waals surface area contributed by atoms with Crippen molar-refractivity contribution in [3.8, 4) is 0 Å². The zero-order chi connectivity index (χ0) is 17.6. The van der Waals surface area contributed by atoms with Crippen molar-refractivity contribution in [3.63, 3.8) is 0 Å². The van der Waals surface area contributed by atoms with Crippen molar-refractivity contribution in [2.75, 3.05) is 12.3 Å². The number of benzene rings is 2. The Kier molecular flexibility index (Phi) is 6.63. The van der Waals surface area contributed by atoms with Crippen LogP contribution < -0.4 is 5.73 Å². The molecule has 0 heterocycles. The van der Waals surface area contributed by atoms with E-state index >= 15 is 0 Å². The van der Waals surface area contributed by atoms with Gasteiger partial charge in [0, 0.05) is 5.39 Å². The van der Waals surface area contributed by atoms with E-state index in [1.54, 1.807) is 18.2 Å². The fourth-order valence-corrected chi connectivity index (χ4v) is 4.04. The van der Waals surface area contributed by atoms with Gasteiger partial charge in [-0.1, -0.05) is 69.9 Å². The number of fused-ring (bicyclic) bond motifs is 1. The predicted octanol–water partition coefficient (Wildman–Crippen LogP) is 4.73. The summed E-state index contributed by atoms with van der Waals surface area (Å²) in [5, 5.41) is 1.44. The second kappa shape index (κ2) is 8.49. The molecule has 2 rings (SSSR count). The lowest BCUT2D eigenvalue weighted by Gasteiger charge is -2.11. The van der Waals surface area contributed by atoms with E-state index in [0.717, 1.165) is 30.6 Å². The predicted molar refractivity (Wildman–Crippen MR) is 99.4 cm³/mol. The minimum atomic E-state index is -3.85. The summed E-state index contributed by atoms with van der Waals surface area (Å²) < 4.78 is 30.3. The Labute approximate surface area is 145 Å². The summed E-state index contributed by atoms with van der Waals surface area (Å²) in [7, 11) is -3.85. The van der Waals surface area contributed by atoms with Crippen LogP contribution in [-0.4, -0.2) is 15.0 Å². The molecule has 2 aromatic rings. The molecule has 2 N–H and O–H groups in total. The highest BCUT2D eigenvalue weighted by molar-refractivity contribution is 7.87. The molecule has 0 atom stereocenters. The first-order valence-corrected chi connectivity index (χ1v) is 9.99. The van der Waals surface area contributed by atoms with E-state index in [4.69, 9.17) is 9.92 Å². The third-order valence-electron chi connectivity index (χ3n) is 4.07. The lowest BCUT2D eigenvalue weighted by atomic mass is 10.0. The highest BCUT2D eigenvalue weighted by atomic mass is 32.2. The molecule has 24 heavy (non-hydrogen) atoms. The van der Waals surface area contributed by atoms with Crippen molar-refractivity contribution in [3.05, 3.63) is 36.4 Å². The molecule has 0 aliphatic carbocycles. The van der Waals surface area contributed by atoms with Crippen LogP contribution in [0.2, 0.25) is 0 Å². The molecule has 132 valence electrons. The number of nitrogens with two attached hydrogens (primary N) is 1. The van der Waals surface area contributed by atoms with Crippen LogP contribution in [0.4, 0.5) is 5.69 Å². The first kappa shape index (κ1) is 18.7. The zero-order valence-corrected chi connectivity index (χ0v) is 15.3. The van der Waals surface area contributed by atoms with Crippen LogP contribution in [0.15, 0.2) is 41.3 Å². The van der Waals surface area contributed by atoms with Gasteiger partial charge in [-0.05, 0) is 23.8 Å². The monoisotopic (exact) mass is 349 g/mol. The van der Waals surface area contributed by atoms with Gasteiger partial charge in [0.25, 0.3) is 10.1 Å². The van der Waals surface area contributed by atoms with Gasteiger partial charge in [0.1, 0.15) is 4.90 Å². The topological polar surface area (TPSA) is 69.4 Å². The fourth-order valence-electron chi connectivity index (χ4n) is 2.77. The average molecular weight is 349 g/mol. The van der Waals surface area contributed by atoms with E-state index in [2.05, 4.69) is 13.8 Å². The third-order valence-corrected chi connectivity index (χ3v) is 5.51. The van der Waals surface area contributed by atoms with Crippen LogP contribution >= 0.6 is 0 Å². The molecular weight excluding hydrogens is 322 g/mol. The number of anilines is 1. The summed E-state index contributed by atoms with van der Waals surface area (Å²) in [6.45, 7) is 4.63. The number of nitrogen functional groups attached to an aromatic ring is 1. The molecule has 2 aromatic carbocycles. The summed E-state index contributed by atoms with van der Waals surface area (Å²) >= 11 is 0. The van der Waals surface area contributed by atoms with Crippen molar-refractivity contribution in [1.82, 2.24) is 0 Å². The third kappa shape index (κ3) is 4.95. The van der Waals surface area contributed by atoms with Gasteiger partial charge in [-0.2, -0.15) is 8.42 Å². The maximum Gasteiger partial charge on any atom is 0.299 e. The first-order chi connectivity index (χ1) is 11.4. The van der Waals surface area contributed by atoms with Crippen molar-refractivity contribution >= 4 is 26.6 Å². The molecule has 0 aliphatic heterocycles. The molecule has 0 bridgehead atoms. The molecule has 0 radical (unpaired) electrons. The van der Waals surface area contributed by atoms with Gasteiger partial charge in [-0.25, -0.2) is 0 Å². The minimum absolute atomic E-state index is 0.0837. The molecule has 0 amide bonds. The summed E-state index contributed by atoms with van der Waals surface area (Å²) in [5.41, 5.74) is 6.14. The fraction of sp³-hybridized carbons (Fsp3) is 0.474. The van der Waals surface area contributed by atoms with Gasteiger partial charge < -0.3 is 5.73 Å².